The summed E-state index contributed by atoms with van der Waals surface area (Å²) in [4.78, 5) is 13.4. The van der Waals surface area contributed by atoms with Crippen molar-refractivity contribution in [2.45, 2.75) is 12.8 Å². The van der Waals surface area contributed by atoms with Crippen LogP contribution in [0.15, 0.2) is 84.0 Å². The van der Waals surface area contributed by atoms with Gasteiger partial charge in [0.2, 0.25) is 0 Å². The average molecular weight is 354 g/mol. The Kier molecular flexibility index (Phi) is 3.57. The van der Waals surface area contributed by atoms with E-state index >= 15 is 0 Å². The molecule has 0 fully saturated rings. The van der Waals surface area contributed by atoms with Crippen molar-refractivity contribution in [2.75, 3.05) is 5.01 Å². The maximum absolute atomic E-state index is 13.4. The lowest BCUT2D eigenvalue weighted by atomic mass is 9.76. The second-order valence-electron chi connectivity index (χ2n) is 6.86. The predicted octanol–water partition coefficient (Wildman–Crippen LogP) is 4.96. The highest BCUT2D eigenvalue weighted by Crippen LogP contribution is 2.49. The zero-order valence-electron chi connectivity index (χ0n) is 14.9. The third-order valence-electron chi connectivity index (χ3n) is 5.24. The lowest BCUT2D eigenvalue weighted by molar-refractivity contribution is -0.120. The van der Waals surface area contributed by atoms with Crippen molar-refractivity contribution in [3.05, 3.63) is 90.0 Å². The van der Waals surface area contributed by atoms with Crippen molar-refractivity contribution in [2.24, 2.45) is 11.0 Å². The lowest BCUT2D eigenvalue weighted by Crippen LogP contribution is -2.33. The first kappa shape index (κ1) is 15.8. The van der Waals surface area contributed by atoms with Gasteiger partial charge in [-0.1, -0.05) is 54.6 Å². The zero-order chi connectivity index (χ0) is 18.4. The van der Waals surface area contributed by atoms with Crippen LogP contribution in [0.25, 0.3) is 0 Å². The first-order valence-electron chi connectivity index (χ1n) is 9.04. The molecule has 0 saturated heterocycles. The third-order valence-corrected chi connectivity index (χ3v) is 5.24. The number of hydrazone groups is 1. The third kappa shape index (κ3) is 2.45. The first-order valence-corrected chi connectivity index (χ1v) is 9.04. The topological polar surface area (TPSA) is 41.9 Å². The molecule has 132 valence electrons. The Balaban J connectivity index is 1.63. The normalized spacial score (nSPS) is 18.6. The van der Waals surface area contributed by atoms with Gasteiger partial charge < -0.3 is 4.74 Å². The van der Waals surface area contributed by atoms with Gasteiger partial charge in [0.15, 0.2) is 0 Å². The van der Waals surface area contributed by atoms with Gasteiger partial charge in [0.1, 0.15) is 11.5 Å². The minimum atomic E-state index is -0.351. The van der Waals surface area contributed by atoms with Crippen LogP contribution in [0, 0.1) is 5.92 Å². The van der Waals surface area contributed by atoms with Gasteiger partial charge in [0.05, 0.1) is 11.6 Å². The Morgan fingerprint density at radius 2 is 1.33 bits per heavy atom. The van der Waals surface area contributed by atoms with Gasteiger partial charge in [-0.2, -0.15) is 5.10 Å². The monoisotopic (exact) mass is 354 g/mol. The molecular formula is C23H18N2O2. The molecule has 2 heterocycles. The van der Waals surface area contributed by atoms with Gasteiger partial charge in [-0.3, -0.25) is 4.79 Å². The van der Waals surface area contributed by atoms with Crippen LogP contribution in [-0.2, 0) is 4.79 Å². The maximum atomic E-state index is 13.4. The van der Waals surface area contributed by atoms with E-state index in [9.17, 15) is 4.79 Å². The molecule has 0 aliphatic carbocycles. The SMILES string of the molecule is CC1=NN(c2ccccc2)C(=O)C1C1c2ccccc2Oc2ccccc21. The largest absolute Gasteiger partial charge is 0.457 e. The van der Waals surface area contributed by atoms with Crippen molar-refractivity contribution >= 4 is 17.3 Å². The fourth-order valence-electron chi connectivity index (χ4n) is 4.02. The van der Waals surface area contributed by atoms with E-state index in [1.807, 2.05) is 85.8 Å². The number of carbonyl (C=O) groups excluding carboxylic acids is 1. The molecule has 0 bridgehead atoms. The van der Waals surface area contributed by atoms with Crippen molar-refractivity contribution in [1.29, 1.82) is 0 Å². The fourth-order valence-corrected chi connectivity index (χ4v) is 4.02. The number of amides is 1. The van der Waals surface area contributed by atoms with Crippen molar-refractivity contribution in [3.63, 3.8) is 0 Å². The van der Waals surface area contributed by atoms with E-state index in [0.29, 0.717) is 0 Å². The average Bonchev–Trinajstić information content (AvgIpc) is 3.01. The molecule has 4 nitrogen and oxygen atoms in total. The van der Waals surface area contributed by atoms with Crippen LogP contribution in [0.4, 0.5) is 5.69 Å². The summed E-state index contributed by atoms with van der Waals surface area (Å²) in [5.74, 6) is 1.14. The van der Waals surface area contributed by atoms with Gasteiger partial charge >= 0.3 is 0 Å². The van der Waals surface area contributed by atoms with Crippen LogP contribution in [-0.4, -0.2) is 11.6 Å². The number of nitrogens with zero attached hydrogens (tertiary/aromatic N) is 2. The van der Waals surface area contributed by atoms with Crippen LogP contribution >= 0.6 is 0 Å². The number of carbonyl (C=O) groups is 1. The number of para-hydroxylation sites is 3. The molecule has 1 unspecified atom stereocenters. The molecular weight excluding hydrogens is 336 g/mol. The second kappa shape index (κ2) is 6.09. The minimum absolute atomic E-state index is 0.00444. The summed E-state index contributed by atoms with van der Waals surface area (Å²) >= 11 is 0. The fraction of sp³-hybridized carbons (Fsp3) is 0.130. The number of hydrogen-bond acceptors (Lipinski definition) is 3. The maximum Gasteiger partial charge on any atom is 0.257 e. The van der Waals surface area contributed by atoms with Crippen LogP contribution in [0.1, 0.15) is 24.0 Å². The number of fused-ring (bicyclic) bond motifs is 2. The molecule has 0 spiro atoms. The molecule has 0 radical (unpaired) electrons. The molecule has 4 heteroatoms. The molecule has 0 saturated carbocycles. The van der Waals surface area contributed by atoms with Crippen LogP contribution in [0.5, 0.6) is 11.5 Å². The summed E-state index contributed by atoms with van der Waals surface area (Å²) in [6.45, 7) is 1.94. The molecule has 5 rings (SSSR count). The van der Waals surface area contributed by atoms with E-state index in [-0.39, 0.29) is 17.7 Å². The first-order chi connectivity index (χ1) is 13.2. The van der Waals surface area contributed by atoms with E-state index in [0.717, 1.165) is 34.0 Å². The Morgan fingerprint density at radius 1 is 0.778 bits per heavy atom. The lowest BCUT2D eigenvalue weighted by Gasteiger charge is -2.31. The Hall–Kier alpha value is -3.40. The molecule has 2 aliphatic rings. The van der Waals surface area contributed by atoms with Crippen LogP contribution < -0.4 is 9.75 Å². The van der Waals surface area contributed by atoms with Crippen molar-refractivity contribution in [1.82, 2.24) is 0 Å². The second-order valence-corrected chi connectivity index (χ2v) is 6.86. The van der Waals surface area contributed by atoms with E-state index in [2.05, 4.69) is 5.10 Å². The number of anilines is 1. The van der Waals surface area contributed by atoms with Crippen LogP contribution in [0.3, 0.4) is 0 Å². The van der Waals surface area contributed by atoms with Gasteiger partial charge in [0, 0.05) is 22.8 Å². The Morgan fingerprint density at radius 3 is 1.96 bits per heavy atom. The Labute approximate surface area is 157 Å². The summed E-state index contributed by atoms with van der Waals surface area (Å²) in [6.07, 6.45) is 0. The van der Waals surface area contributed by atoms with E-state index in [1.54, 1.807) is 0 Å². The van der Waals surface area contributed by atoms with Gasteiger partial charge in [-0.25, -0.2) is 5.01 Å². The molecule has 0 N–H and O–H groups in total. The highest BCUT2D eigenvalue weighted by Gasteiger charge is 2.44. The smallest absolute Gasteiger partial charge is 0.257 e. The summed E-state index contributed by atoms with van der Waals surface area (Å²) in [5.41, 5.74) is 3.66. The number of rotatable bonds is 2. The summed E-state index contributed by atoms with van der Waals surface area (Å²) in [5, 5.41) is 6.13. The number of benzene rings is 3. The quantitative estimate of drug-likeness (QED) is 0.652. The predicted molar refractivity (Wildman–Crippen MR) is 105 cm³/mol. The standard InChI is InChI=1S/C23H18N2O2/c1-15-21(23(26)25(24-15)16-9-3-2-4-10-16)22-17-11-5-7-13-19(17)27-20-14-8-6-12-18(20)22/h2-14,21-22H,1H3. The summed E-state index contributed by atoms with van der Waals surface area (Å²) in [7, 11) is 0. The molecule has 2 aliphatic heterocycles. The molecule has 0 aromatic heterocycles. The molecule has 1 atom stereocenters. The van der Waals surface area contributed by atoms with Gasteiger partial charge in [-0.15, -0.1) is 0 Å². The number of ether oxygens (including phenoxy) is 1. The highest BCUT2D eigenvalue weighted by atomic mass is 16.5. The molecule has 3 aromatic rings. The molecule has 27 heavy (non-hydrogen) atoms. The van der Waals surface area contributed by atoms with Gasteiger partial charge in [-0.05, 0) is 31.2 Å². The van der Waals surface area contributed by atoms with E-state index in [4.69, 9.17) is 4.74 Å². The number of hydrogen-bond donors (Lipinski definition) is 0. The summed E-state index contributed by atoms with van der Waals surface area (Å²) < 4.78 is 6.08. The highest BCUT2D eigenvalue weighted by molar-refractivity contribution is 6.15. The molecule has 3 aromatic carbocycles. The van der Waals surface area contributed by atoms with E-state index < -0.39 is 0 Å². The van der Waals surface area contributed by atoms with Crippen LogP contribution in [0.2, 0.25) is 0 Å². The zero-order valence-corrected chi connectivity index (χ0v) is 14.9. The Bertz CT molecular complexity index is 1010. The minimum Gasteiger partial charge on any atom is -0.457 e. The van der Waals surface area contributed by atoms with Crippen molar-refractivity contribution in [3.8, 4) is 11.5 Å². The van der Waals surface area contributed by atoms with Crippen molar-refractivity contribution < 1.29 is 9.53 Å². The summed E-state index contributed by atoms with van der Waals surface area (Å²) in [6, 6.07) is 25.5. The van der Waals surface area contributed by atoms with E-state index in [1.165, 1.54) is 5.01 Å². The molecule has 1 amide bonds. The van der Waals surface area contributed by atoms with Gasteiger partial charge in [0.25, 0.3) is 5.91 Å².